The predicted octanol–water partition coefficient (Wildman–Crippen LogP) is 1.23. The van der Waals surface area contributed by atoms with Crippen LogP contribution in [0.25, 0.3) is 0 Å². The third-order valence-electron chi connectivity index (χ3n) is 2.41. The fourth-order valence-electron chi connectivity index (χ4n) is 1.30. The van der Waals surface area contributed by atoms with E-state index >= 15 is 0 Å². The number of aromatic nitrogens is 3. The van der Waals surface area contributed by atoms with E-state index in [1.165, 1.54) is 0 Å². The van der Waals surface area contributed by atoms with Gasteiger partial charge in [0.1, 0.15) is 5.82 Å². The van der Waals surface area contributed by atoms with Crippen molar-refractivity contribution < 1.29 is 4.74 Å². The molecule has 6 heteroatoms. The first-order valence-corrected chi connectivity index (χ1v) is 7.01. The van der Waals surface area contributed by atoms with E-state index in [0.29, 0.717) is 0 Å². The van der Waals surface area contributed by atoms with E-state index in [0.717, 1.165) is 49.5 Å². The molecular formula is C11H22N4OS. The number of nitrogens with one attached hydrogen (secondary N) is 1. The van der Waals surface area contributed by atoms with Crippen LogP contribution in [-0.4, -0.2) is 46.8 Å². The molecule has 0 aromatic carbocycles. The highest BCUT2D eigenvalue weighted by molar-refractivity contribution is 7.99. The Balaban J connectivity index is 1.99. The number of ether oxygens (including phenoxy) is 1. The van der Waals surface area contributed by atoms with Gasteiger partial charge in [0.15, 0.2) is 5.16 Å². The van der Waals surface area contributed by atoms with E-state index in [1.807, 2.05) is 25.5 Å². The van der Waals surface area contributed by atoms with Gasteiger partial charge in [0, 0.05) is 32.6 Å². The second-order valence-corrected chi connectivity index (χ2v) is 4.80. The zero-order valence-electron chi connectivity index (χ0n) is 10.9. The summed E-state index contributed by atoms with van der Waals surface area (Å²) < 4.78 is 7.27. The standard InChI is InChI=1S/C11H22N4OS/c1-4-16-8-5-6-12-7-9-17-11-14-13-10(2)15(11)3/h12H,4-9H2,1-3H3. The van der Waals surface area contributed by atoms with Crippen molar-refractivity contribution in [2.45, 2.75) is 25.4 Å². The van der Waals surface area contributed by atoms with Crippen LogP contribution in [0.15, 0.2) is 5.16 Å². The first-order valence-electron chi connectivity index (χ1n) is 6.03. The molecule has 0 aliphatic rings. The van der Waals surface area contributed by atoms with Gasteiger partial charge in [-0.25, -0.2) is 0 Å². The van der Waals surface area contributed by atoms with E-state index in [1.54, 1.807) is 11.8 Å². The van der Waals surface area contributed by atoms with Crippen LogP contribution in [0.2, 0.25) is 0 Å². The van der Waals surface area contributed by atoms with Crippen molar-refractivity contribution >= 4 is 11.8 Å². The molecule has 1 rings (SSSR count). The number of hydrogen-bond donors (Lipinski definition) is 1. The Morgan fingerprint density at radius 2 is 2.18 bits per heavy atom. The average Bonchev–Trinajstić information content (AvgIpc) is 2.64. The van der Waals surface area contributed by atoms with Gasteiger partial charge in [-0.1, -0.05) is 11.8 Å². The van der Waals surface area contributed by atoms with Gasteiger partial charge in [-0.3, -0.25) is 0 Å². The Morgan fingerprint density at radius 3 is 2.82 bits per heavy atom. The summed E-state index contributed by atoms with van der Waals surface area (Å²) in [6.45, 7) is 7.64. The van der Waals surface area contributed by atoms with Gasteiger partial charge in [-0.15, -0.1) is 10.2 Å². The molecule has 0 atom stereocenters. The van der Waals surface area contributed by atoms with Crippen LogP contribution in [0, 0.1) is 6.92 Å². The summed E-state index contributed by atoms with van der Waals surface area (Å²) in [6, 6.07) is 0. The molecule has 0 unspecified atom stereocenters. The SMILES string of the molecule is CCOCCCNCCSc1nnc(C)n1C. The lowest BCUT2D eigenvalue weighted by molar-refractivity contribution is 0.145. The summed E-state index contributed by atoms with van der Waals surface area (Å²) in [4.78, 5) is 0. The third-order valence-corrected chi connectivity index (χ3v) is 3.43. The minimum atomic E-state index is 0.807. The molecule has 0 amide bonds. The Kier molecular flexibility index (Phi) is 7.23. The van der Waals surface area contributed by atoms with Crippen LogP contribution in [0.4, 0.5) is 0 Å². The van der Waals surface area contributed by atoms with E-state index in [2.05, 4.69) is 15.5 Å². The van der Waals surface area contributed by atoms with Gasteiger partial charge in [0.25, 0.3) is 0 Å². The molecule has 0 aliphatic heterocycles. The number of rotatable bonds is 9. The van der Waals surface area contributed by atoms with Crippen molar-refractivity contribution in [3.63, 3.8) is 0 Å². The molecule has 0 bridgehead atoms. The molecule has 0 saturated carbocycles. The highest BCUT2D eigenvalue weighted by Gasteiger charge is 2.04. The maximum atomic E-state index is 5.26. The fraction of sp³-hybridized carbons (Fsp3) is 0.818. The van der Waals surface area contributed by atoms with Crippen LogP contribution in [0.1, 0.15) is 19.2 Å². The first kappa shape index (κ1) is 14.5. The molecule has 0 saturated heterocycles. The Bertz CT molecular complexity index is 316. The van der Waals surface area contributed by atoms with E-state index in [-0.39, 0.29) is 0 Å². The van der Waals surface area contributed by atoms with Crippen molar-refractivity contribution in [2.75, 3.05) is 32.1 Å². The monoisotopic (exact) mass is 258 g/mol. The topological polar surface area (TPSA) is 52.0 Å². The van der Waals surface area contributed by atoms with Crippen molar-refractivity contribution in [3.8, 4) is 0 Å². The van der Waals surface area contributed by atoms with Crippen LogP contribution in [-0.2, 0) is 11.8 Å². The van der Waals surface area contributed by atoms with E-state index in [4.69, 9.17) is 4.74 Å². The zero-order valence-corrected chi connectivity index (χ0v) is 11.7. The lowest BCUT2D eigenvalue weighted by Gasteiger charge is -2.04. The van der Waals surface area contributed by atoms with Gasteiger partial charge in [0.2, 0.25) is 0 Å². The van der Waals surface area contributed by atoms with Gasteiger partial charge >= 0.3 is 0 Å². The lowest BCUT2D eigenvalue weighted by atomic mass is 10.4. The Morgan fingerprint density at radius 1 is 1.35 bits per heavy atom. The molecule has 0 fully saturated rings. The number of aryl methyl sites for hydroxylation is 1. The second-order valence-electron chi connectivity index (χ2n) is 3.74. The number of thioether (sulfide) groups is 1. The fourth-order valence-corrected chi connectivity index (χ4v) is 2.15. The summed E-state index contributed by atoms with van der Waals surface area (Å²) in [5.41, 5.74) is 0. The summed E-state index contributed by atoms with van der Waals surface area (Å²) in [6.07, 6.45) is 1.07. The van der Waals surface area contributed by atoms with Gasteiger partial charge in [-0.05, 0) is 26.8 Å². The van der Waals surface area contributed by atoms with E-state index in [9.17, 15) is 0 Å². The maximum absolute atomic E-state index is 5.26. The molecule has 1 heterocycles. The zero-order chi connectivity index (χ0) is 12.5. The van der Waals surface area contributed by atoms with Crippen LogP contribution in [0.3, 0.4) is 0 Å². The molecule has 0 spiro atoms. The molecular weight excluding hydrogens is 236 g/mol. The normalized spacial score (nSPS) is 11.0. The van der Waals surface area contributed by atoms with Gasteiger partial charge in [0.05, 0.1) is 0 Å². The van der Waals surface area contributed by atoms with Crippen molar-refractivity contribution in [3.05, 3.63) is 5.82 Å². The van der Waals surface area contributed by atoms with Gasteiger partial charge in [-0.2, -0.15) is 0 Å². The quantitative estimate of drug-likeness (QED) is 0.533. The summed E-state index contributed by atoms with van der Waals surface area (Å²) in [7, 11) is 1.99. The molecule has 98 valence electrons. The van der Waals surface area contributed by atoms with Crippen LogP contribution < -0.4 is 5.32 Å². The second kappa shape index (κ2) is 8.49. The van der Waals surface area contributed by atoms with Crippen molar-refractivity contribution in [2.24, 2.45) is 7.05 Å². The summed E-state index contributed by atoms with van der Waals surface area (Å²) in [5, 5.41) is 12.5. The Hall–Kier alpha value is -0.590. The summed E-state index contributed by atoms with van der Waals surface area (Å²) in [5.74, 6) is 1.97. The van der Waals surface area contributed by atoms with Crippen molar-refractivity contribution in [1.82, 2.24) is 20.1 Å². The highest BCUT2D eigenvalue weighted by Crippen LogP contribution is 2.13. The Labute approximate surface area is 107 Å². The average molecular weight is 258 g/mol. The molecule has 0 aliphatic carbocycles. The molecule has 1 aromatic rings. The summed E-state index contributed by atoms with van der Waals surface area (Å²) >= 11 is 1.73. The molecule has 1 aromatic heterocycles. The van der Waals surface area contributed by atoms with E-state index < -0.39 is 0 Å². The highest BCUT2D eigenvalue weighted by atomic mass is 32.2. The smallest absolute Gasteiger partial charge is 0.190 e. The largest absolute Gasteiger partial charge is 0.382 e. The third kappa shape index (κ3) is 5.52. The number of hydrogen-bond acceptors (Lipinski definition) is 5. The minimum absolute atomic E-state index is 0.807. The molecule has 5 nitrogen and oxygen atoms in total. The molecule has 0 radical (unpaired) electrons. The number of nitrogens with zero attached hydrogens (tertiary/aromatic N) is 3. The first-order chi connectivity index (χ1) is 8.25. The van der Waals surface area contributed by atoms with Crippen molar-refractivity contribution in [1.29, 1.82) is 0 Å². The van der Waals surface area contributed by atoms with Crippen LogP contribution in [0.5, 0.6) is 0 Å². The van der Waals surface area contributed by atoms with Gasteiger partial charge < -0.3 is 14.6 Å². The molecule has 17 heavy (non-hydrogen) atoms. The maximum Gasteiger partial charge on any atom is 0.190 e. The lowest BCUT2D eigenvalue weighted by Crippen LogP contribution is -2.19. The van der Waals surface area contributed by atoms with Crippen LogP contribution >= 0.6 is 11.8 Å². The predicted molar refractivity (Wildman–Crippen MR) is 70.4 cm³/mol. The minimum Gasteiger partial charge on any atom is -0.382 e. The molecule has 1 N–H and O–H groups in total.